The fourth-order valence-electron chi connectivity index (χ4n) is 2.65. The van der Waals surface area contributed by atoms with Gasteiger partial charge in [0.2, 0.25) is 0 Å². The summed E-state index contributed by atoms with van der Waals surface area (Å²) in [5, 5.41) is 0. The number of pyridine rings is 1. The zero-order valence-corrected chi connectivity index (χ0v) is 10.7. The fourth-order valence-corrected chi connectivity index (χ4v) is 2.65. The second-order valence-corrected chi connectivity index (χ2v) is 4.79. The molecular weight excluding hydrogens is 236 g/mol. The number of aromatic nitrogens is 1. The van der Waals surface area contributed by atoms with Crippen LogP contribution in [0.3, 0.4) is 0 Å². The largest absolute Gasteiger partial charge is 0.355 e. The Kier molecular flexibility index (Phi) is 3.27. The summed E-state index contributed by atoms with van der Waals surface area (Å²) in [6.07, 6.45) is 4.65. The van der Waals surface area contributed by atoms with Gasteiger partial charge in [0.15, 0.2) is 6.29 Å². The van der Waals surface area contributed by atoms with E-state index in [9.17, 15) is 4.79 Å². The highest BCUT2D eigenvalue weighted by atomic mass is 16.1. The van der Waals surface area contributed by atoms with E-state index < -0.39 is 0 Å². The van der Waals surface area contributed by atoms with Crippen LogP contribution < -0.4 is 4.90 Å². The molecule has 1 aromatic heterocycles. The van der Waals surface area contributed by atoms with Gasteiger partial charge in [0.05, 0.1) is 5.56 Å². The van der Waals surface area contributed by atoms with E-state index in [1.165, 1.54) is 11.1 Å². The number of nitrogens with zero attached hydrogens (tertiary/aromatic N) is 2. The molecule has 0 saturated carbocycles. The maximum absolute atomic E-state index is 11.1. The molecule has 2 aromatic rings. The van der Waals surface area contributed by atoms with Crippen LogP contribution in [0, 0.1) is 0 Å². The molecule has 2 heterocycles. The number of rotatable bonds is 2. The molecule has 0 saturated heterocycles. The number of hydrogen-bond donors (Lipinski definition) is 0. The Labute approximate surface area is 112 Å². The molecule has 3 heteroatoms. The summed E-state index contributed by atoms with van der Waals surface area (Å²) >= 11 is 0. The predicted octanol–water partition coefficient (Wildman–Crippen LogP) is 2.50. The number of aldehydes is 1. The van der Waals surface area contributed by atoms with Gasteiger partial charge in [-0.15, -0.1) is 0 Å². The molecule has 0 spiro atoms. The maximum Gasteiger partial charge on any atom is 0.153 e. The van der Waals surface area contributed by atoms with Crippen molar-refractivity contribution in [2.24, 2.45) is 0 Å². The summed E-state index contributed by atoms with van der Waals surface area (Å²) in [7, 11) is 0. The molecule has 1 aliphatic heterocycles. The van der Waals surface area contributed by atoms with Gasteiger partial charge in [-0.2, -0.15) is 0 Å². The van der Waals surface area contributed by atoms with Gasteiger partial charge in [-0.25, -0.2) is 4.98 Å². The van der Waals surface area contributed by atoms with Crippen molar-refractivity contribution in [3.8, 4) is 0 Å². The van der Waals surface area contributed by atoms with Crippen molar-refractivity contribution < 1.29 is 4.79 Å². The van der Waals surface area contributed by atoms with Crippen LogP contribution in [0.5, 0.6) is 0 Å². The minimum atomic E-state index is 0.674. The van der Waals surface area contributed by atoms with Crippen molar-refractivity contribution in [2.45, 2.75) is 12.8 Å². The summed E-state index contributed by atoms with van der Waals surface area (Å²) in [5.41, 5.74) is 3.50. The van der Waals surface area contributed by atoms with E-state index in [2.05, 4.69) is 34.1 Å². The Morgan fingerprint density at radius 2 is 1.68 bits per heavy atom. The first-order valence-electron chi connectivity index (χ1n) is 6.60. The normalized spacial score (nSPS) is 14.6. The Bertz CT molecular complexity index is 568. The minimum Gasteiger partial charge on any atom is -0.355 e. The molecule has 0 bridgehead atoms. The van der Waals surface area contributed by atoms with Gasteiger partial charge in [0, 0.05) is 19.3 Å². The van der Waals surface area contributed by atoms with Crippen molar-refractivity contribution in [3.05, 3.63) is 59.3 Å². The first kappa shape index (κ1) is 11.9. The van der Waals surface area contributed by atoms with Crippen molar-refractivity contribution in [3.63, 3.8) is 0 Å². The first-order chi connectivity index (χ1) is 9.38. The van der Waals surface area contributed by atoms with Crippen LogP contribution in [-0.4, -0.2) is 24.4 Å². The molecule has 0 fully saturated rings. The highest BCUT2D eigenvalue weighted by Gasteiger charge is 2.16. The molecule has 3 rings (SSSR count). The van der Waals surface area contributed by atoms with Crippen LogP contribution in [0.1, 0.15) is 21.5 Å². The molecule has 96 valence electrons. The maximum atomic E-state index is 11.1. The number of carbonyl (C=O) groups is 1. The summed E-state index contributed by atoms with van der Waals surface area (Å²) in [5.74, 6) is 0.810. The lowest BCUT2D eigenvalue weighted by Gasteiger charge is -2.22. The van der Waals surface area contributed by atoms with Crippen LogP contribution in [0.4, 0.5) is 5.82 Å². The average molecular weight is 252 g/mol. The number of hydrogen-bond acceptors (Lipinski definition) is 3. The third-order valence-corrected chi connectivity index (χ3v) is 3.66. The van der Waals surface area contributed by atoms with Crippen LogP contribution in [0.15, 0.2) is 42.6 Å². The number of benzene rings is 1. The van der Waals surface area contributed by atoms with E-state index in [0.29, 0.717) is 5.56 Å². The van der Waals surface area contributed by atoms with Gasteiger partial charge >= 0.3 is 0 Å². The molecule has 0 radical (unpaired) electrons. The van der Waals surface area contributed by atoms with Crippen molar-refractivity contribution in [1.29, 1.82) is 0 Å². The first-order valence-corrected chi connectivity index (χ1v) is 6.60. The monoisotopic (exact) mass is 252 g/mol. The number of fused-ring (bicyclic) bond motifs is 1. The molecule has 3 nitrogen and oxygen atoms in total. The van der Waals surface area contributed by atoms with Gasteiger partial charge in [-0.3, -0.25) is 4.79 Å². The molecule has 19 heavy (non-hydrogen) atoms. The van der Waals surface area contributed by atoms with Gasteiger partial charge in [0.25, 0.3) is 0 Å². The summed E-state index contributed by atoms with van der Waals surface area (Å²) in [6.45, 7) is 1.82. The van der Waals surface area contributed by atoms with Crippen LogP contribution in [0.25, 0.3) is 0 Å². The zero-order chi connectivity index (χ0) is 13.1. The van der Waals surface area contributed by atoms with E-state index in [1.807, 2.05) is 6.07 Å². The Balaban J connectivity index is 1.87. The van der Waals surface area contributed by atoms with Crippen LogP contribution in [0.2, 0.25) is 0 Å². The second kappa shape index (κ2) is 5.22. The lowest BCUT2D eigenvalue weighted by atomic mass is 10.0. The van der Waals surface area contributed by atoms with E-state index in [4.69, 9.17) is 0 Å². The quantitative estimate of drug-likeness (QED) is 0.770. The molecular formula is C16H16N2O. The summed E-state index contributed by atoms with van der Waals surface area (Å²) in [6, 6.07) is 12.2. The topological polar surface area (TPSA) is 33.2 Å². The highest BCUT2D eigenvalue weighted by molar-refractivity contribution is 5.82. The third-order valence-electron chi connectivity index (χ3n) is 3.66. The lowest BCUT2D eigenvalue weighted by molar-refractivity contribution is 0.112. The Hall–Kier alpha value is -2.16. The average Bonchev–Trinajstić information content (AvgIpc) is 2.70. The second-order valence-electron chi connectivity index (χ2n) is 4.79. The molecule has 0 N–H and O–H groups in total. The van der Waals surface area contributed by atoms with Crippen molar-refractivity contribution in [2.75, 3.05) is 18.0 Å². The third kappa shape index (κ3) is 2.36. The fraction of sp³-hybridized carbons (Fsp3) is 0.250. The SMILES string of the molecule is O=Cc1cccnc1N1CCc2ccccc2CC1. The smallest absolute Gasteiger partial charge is 0.153 e. The van der Waals surface area contributed by atoms with Crippen molar-refractivity contribution >= 4 is 12.1 Å². The number of anilines is 1. The van der Waals surface area contributed by atoms with E-state index in [0.717, 1.165) is 38.0 Å². The van der Waals surface area contributed by atoms with Crippen LogP contribution >= 0.6 is 0 Å². The van der Waals surface area contributed by atoms with Gasteiger partial charge in [-0.05, 0) is 36.1 Å². The lowest BCUT2D eigenvalue weighted by Crippen LogP contribution is -2.27. The highest BCUT2D eigenvalue weighted by Crippen LogP contribution is 2.21. The summed E-state index contributed by atoms with van der Waals surface area (Å²) < 4.78 is 0. The molecule has 0 atom stereocenters. The van der Waals surface area contributed by atoms with Gasteiger partial charge in [-0.1, -0.05) is 24.3 Å². The molecule has 0 amide bonds. The van der Waals surface area contributed by atoms with Crippen molar-refractivity contribution in [1.82, 2.24) is 4.98 Å². The molecule has 1 aliphatic rings. The van der Waals surface area contributed by atoms with Gasteiger partial charge < -0.3 is 4.90 Å². The standard InChI is InChI=1S/C16H16N2O/c19-12-15-6-3-9-17-16(15)18-10-7-13-4-1-2-5-14(13)8-11-18/h1-6,9,12H,7-8,10-11H2. The van der Waals surface area contributed by atoms with Gasteiger partial charge in [0.1, 0.15) is 5.82 Å². The Morgan fingerprint density at radius 3 is 2.32 bits per heavy atom. The van der Waals surface area contributed by atoms with E-state index in [1.54, 1.807) is 12.3 Å². The Morgan fingerprint density at radius 1 is 1.00 bits per heavy atom. The molecule has 0 aliphatic carbocycles. The number of carbonyl (C=O) groups excluding carboxylic acids is 1. The zero-order valence-electron chi connectivity index (χ0n) is 10.7. The van der Waals surface area contributed by atoms with E-state index in [-0.39, 0.29) is 0 Å². The van der Waals surface area contributed by atoms with E-state index >= 15 is 0 Å². The molecule has 1 aromatic carbocycles. The van der Waals surface area contributed by atoms with Crippen LogP contribution in [-0.2, 0) is 12.8 Å². The summed E-state index contributed by atoms with van der Waals surface area (Å²) in [4.78, 5) is 17.7. The minimum absolute atomic E-state index is 0.674. The predicted molar refractivity (Wildman–Crippen MR) is 75.7 cm³/mol. The molecule has 0 unspecified atom stereocenters.